The zero-order chi connectivity index (χ0) is 41.3. The average molecular weight is 871 g/mol. The number of methoxy groups -OCH3 is 3. The predicted octanol–water partition coefficient (Wildman–Crippen LogP) is 8.36. The van der Waals surface area contributed by atoms with Gasteiger partial charge in [-0.1, -0.05) is 112 Å². The number of ether oxygens (including phenoxy) is 4. The van der Waals surface area contributed by atoms with Gasteiger partial charge in [-0.15, -0.1) is 0 Å². The summed E-state index contributed by atoms with van der Waals surface area (Å²) in [6.45, 7) is 7.62. The molecule has 1 aliphatic heterocycles. The zero-order valence-electron chi connectivity index (χ0n) is 33.9. The van der Waals surface area contributed by atoms with Crippen molar-refractivity contribution in [2.75, 3.05) is 39.6 Å². The molecule has 0 amide bonds. The van der Waals surface area contributed by atoms with E-state index in [9.17, 15) is 9.59 Å². The van der Waals surface area contributed by atoms with Gasteiger partial charge < -0.3 is 27.8 Å². The Balaban J connectivity index is 1.33. The number of carbonyl (C=O) groups is 2. The lowest BCUT2D eigenvalue weighted by Gasteiger charge is -2.48. The third kappa shape index (κ3) is 8.81. The molecule has 0 radical (unpaired) electrons. The standard InChI is InChI=1S/C46H52BrNO9Si/c1-45(2,3)58(38-20-12-8-13-21-38,39-22-14-9-15-23-39)55-28-16-19-36-29-40(47)41(56-36)42-46(43(49)52-5,44(50)53-6)30-37(32-54-31-33-17-10-7-11-18-33)57-48(42)34-24-26-35(51-4)27-25-34/h7-15,17-18,20-27,29,37,42H,16,19,28,30-32H2,1-6H3/t37-,42+/m1/s1. The Morgan fingerprint density at radius 1 is 0.828 bits per heavy atom. The minimum atomic E-state index is -2.75. The fourth-order valence-corrected chi connectivity index (χ4v) is 13.1. The van der Waals surface area contributed by atoms with Gasteiger partial charge >= 0.3 is 11.9 Å². The van der Waals surface area contributed by atoms with Crippen LogP contribution in [0, 0.1) is 5.41 Å². The van der Waals surface area contributed by atoms with Gasteiger partial charge in [0.1, 0.15) is 29.4 Å². The van der Waals surface area contributed by atoms with Gasteiger partial charge in [0.15, 0.2) is 5.41 Å². The van der Waals surface area contributed by atoms with Gasteiger partial charge in [-0.2, -0.15) is 0 Å². The second kappa shape index (κ2) is 18.9. The van der Waals surface area contributed by atoms with Crippen molar-refractivity contribution in [3.05, 3.63) is 143 Å². The number of hydroxylamine groups is 1. The van der Waals surface area contributed by atoms with Crippen molar-refractivity contribution >= 4 is 52.2 Å². The summed E-state index contributed by atoms with van der Waals surface area (Å²) in [5.74, 6) is -0.0164. The van der Waals surface area contributed by atoms with E-state index < -0.39 is 37.8 Å². The molecule has 1 aliphatic rings. The first-order chi connectivity index (χ1) is 28.0. The molecule has 0 spiro atoms. The number of furan rings is 1. The minimum absolute atomic E-state index is 0.0694. The third-order valence-corrected chi connectivity index (χ3v) is 16.3. The Kier molecular flexibility index (Phi) is 14.0. The number of hydrogen-bond donors (Lipinski definition) is 0. The lowest BCUT2D eigenvalue weighted by atomic mass is 9.73. The lowest BCUT2D eigenvalue weighted by Crippen LogP contribution is -2.66. The number of halogens is 1. The van der Waals surface area contributed by atoms with Crippen LogP contribution in [0.5, 0.6) is 5.75 Å². The van der Waals surface area contributed by atoms with Crippen LogP contribution in [0.1, 0.15) is 56.7 Å². The van der Waals surface area contributed by atoms with Crippen LogP contribution in [-0.2, 0) is 46.1 Å². The van der Waals surface area contributed by atoms with Gasteiger partial charge in [0.2, 0.25) is 0 Å². The molecule has 0 N–H and O–H groups in total. The third-order valence-electron chi connectivity index (χ3n) is 10.7. The molecular formula is C46H52BrNO9Si. The molecule has 0 aliphatic carbocycles. The molecule has 10 nitrogen and oxygen atoms in total. The Hall–Kier alpha value is -4.72. The highest BCUT2D eigenvalue weighted by Gasteiger charge is 2.63. The number of esters is 2. The fourth-order valence-electron chi connectivity index (χ4n) is 7.98. The highest BCUT2D eigenvalue weighted by molar-refractivity contribution is 9.10. The Morgan fingerprint density at radius 2 is 1.40 bits per heavy atom. The van der Waals surface area contributed by atoms with Crippen LogP contribution < -0.4 is 20.2 Å². The second-order valence-electron chi connectivity index (χ2n) is 15.4. The van der Waals surface area contributed by atoms with Crippen molar-refractivity contribution < 1.29 is 42.2 Å². The summed E-state index contributed by atoms with van der Waals surface area (Å²) in [4.78, 5) is 35.1. The number of aryl methyl sites for hydroxylation is 1. The maximum absolute atomic E-state index is 14.2. The maximum atomic E-state index is 14.2. The first-order valence-electron chi connectivity index (χ1n) is 19.4. The number of benzene rings is 4. The van der Waals surface area contributed by atoms with Crippen molar-refractivity contribution in [1.29, 1.82) is 0 Å². The van der Waals surface area contributed by atoms with E-state index in [0.29, 0.717) is 53.5 Å². The van der Waals surface area contributed by atoms with E-state index in [2.05, 4.69) is 85.2 Å². The predicted molar refractivity (Wildman–Crippen MR) is 229 cm³/mol. The summed E-state index contributed by atoms with van der Waals surface area (Å²) < 4.78 is 36.7. The first-order valence-corrected chi connectivity index (χ1v) is 22.1. The van der Waals surface area contributed by atoms with Crippen LogP contribution in [0.15, 0.2) is 130 Å². The van der Waals surface area contributed by atoms with E-state index in [1.807, 2.05) is 48.5 Å². The molecule has 306 valence electrons. The van der Waals surface area contributed by atoms with Crippen molar-refractivity contribution in [2.24, 2.45) is 5.41 Å². The highest BCUT2D eigenvalue weighted by atomic mass is 79.9. The normalized spacial score (nSPS) is 16.8. The van der Waals surface area contributed by atoms with Crippen LogP contribution in [0.3, 0.4) is 0 Å². The smallest absolute Gasteiger partial charge is 0.326 e. The van der Waals surface area contributed by atoms with E-state index >= 15 is 0 Å². The summed E-state index contributed by atoms with van der Waals surface area (Å²) in [6, 6.07) is 38.6. The van der Waals surface area contributed by atoms with Crippen LogP contribution in [0.4, 0.5) is 5.69 Å². The summed E-state index contributed by atoms with van der Waals surface area (Å²) in [5.41, 5.74) is -0.411. The van der Waals surface area contributed by atoms with Crippen LogP contribution >= 0.6 is 15.9 Å². The molecule has 1 saturated heterocycles. The molecule has 2 heterocycles. The van der Waals surface area contributed by atoms with Gasteiger partial charge in [-0.05, 0) is 73.7 Å². The minimum Gasteiger partial charge on any atom is -0.497 e. The molecule has 0 unspecified atom stereocenters. The molecule has 0 bridgehead atoms. The van der Waals surface area contributed by atoms with Crippen molar-refractivity contribution in [3.63, 3.8) is 0 Å². The molecular weight excluding hydrogens is 818 g/mol. The number of anilines is 1. The molecule has 1 aromatic heterocycles. The first kappa shape index (κ1) is 42.9. The van der Waals surface area contributed by atoms with Gasteiger partial charge in [-0.3, -0.25) is 14.4 Å². The van der Waals surface area contributed by atoms with Crippen molar-refractivity contribution in [3.8, 4) is 5.75 Å². The van der Waals surface area contributed by atoms with Crippen LogP contribution in [-0.4, -0.2) is 60.9 Å². The number of carbonyl (C=O) groups excluding carboxylic acids is 2. The number of rotatable bonds is 16. The van der Waals surface area contributed by atoms with Gasteiger partial charge in [-0.25, -0.2) is 5.06 Å². The van der Waals surface area contributed by atoms with E-state index in [-0.39, 0.29) is 18.1 Å². The molecule has 58 heavy (non-hydrogen) atoms. The number of hydrogen-bond acceptors (Lipinski definition) is 10. The summed E-state index contributed by atoms with van der Waals surface area (Å²) >= 11 is 3.73. The highest BCUT2D eigenvalue weighted by Crippen LogP contribution is 2.52. The largest absolute Gasteiger partial charge is 0.497 e. The molecule has 4 aromatic carbocycles. The Labute approximate surface area is 350 Å². The van der Waals surface area contributed by atoms with Gasteiger partial charge in [0, 0.05) is 19.4 Å². The Morgan fingerprint density at radius 3 is 1.93 bits per heavy atom. The summed E-state index contributed by atoms with van der Waals surface area (Å²) in [5, 5.41) is 3.78. The van der Waals surface area contributed by atoms with E-state index in [1.165, 1.54) is 29.7 Å². The van der Waals surface area contributed by atoms with E-state index in [0.717, 1.165) is 5.56 Å². The number of nitrogens with zero attached hydrogens (tertiary/aromatic N) is 1. The van der Waals surface area contributed by atoms with Gasteiger partial charge in [0.25, 0.3) is 8.32 Å². The second-order valence-corrected chi connectivity index (χ2v) is 20.5. The quantitative estimate of drug-likeness (QED) is 0.0416. The zero-order valence-corrected chi connectivity index (χ0v) is 36.5. The average Bonchev–Trinajstić information content (AvgIpc) is 3.62. The summed E-state index contributed by atoms with van der Waals surface area (Å²) in [7, 11) is 1.35. The molecule has 5 aromatic rings. The van der Waals surface area contributed by atoms with E-state index in [1.54, 1.807) is 31.4 Å². The lowest BCUT2D eigenvalue weighted by molar-refractivity contribution is -0.190. The van der Waals surface area contributed by atoms with E-state index in [4.69, 9.17) is 32.6 Å². The van der Waals surface area contributed by atoms with Crippen molar-refractivity contribution in [1.82, 2.24) is 0 Å². The monoisotopic (exact) mass is 869 g/mol. The topological polar surface area (TPSA) is 106 Å². The SMILES string of the molecule is COC(=O)C1(C(=O)OC)C[C@H](COCc2ccccc2)ON(c2ccc(OC)cc2)[C@H]1c1oc(CCCO[Si](c2ccccc2)(c2ccccc2)C(C)(C)C)cc1Br. The molecule has 2 atom stereocenters. The van der Waals surface area contributed by atoms with Crippen molar-refractivity contribution in [2.45, 2.75) is 63.8 Å². The maximum Gasteiger partial charge on any atom is 0.326 e. The fraction of sp³-hybridized carbons (Fsp3) is 0.348. The Bertz CT molecular complexity index is 2030. The van der Waals surface area contributed by atoms with Crippen LogP contribution in [0.2, 0.25) is 5.04 Å². The summed E-state index contributed by atoms with van der Waals surface area (Å²) in [6.07, 6.45) is 0.305. The molecule has 6 rings (SSSR count). The van der Waals surface area contributed by atoms with Crippen LogP contribution in [0.25, 0.3) is 0 Å². The molecule has 1 fully saturated rings. The molecule has 12 heteroatoms. The molecule has 0 saturated carbocycles. The van der Waals surface area contributed by atoms with Gasteiger partial charge in [0.05, 0.1) is 44.7 Å².